The zero-order chi connectivity index (χ0) is 25.2. The van der Waals surface area contributed by atoms with Crippen molar-refractivity contribution in [3.8, 4) is 0 Å². The average Bonchev–Trinajstić information content (AvgIpc) is 3.39. The van der Waals surface area contributed by atoms with Crippen LogP contribution in [0.25, 0.3) is 10.8 Å². The molecule has 1 aliphatic carbocycles. The van der Waals surface area contributed by atoms with E-state index in [0.29, 0.717) is 32.1 Å². The van der Waals surface area contributed by atoms with Crippen molar-refractivity contribution in [3.63, 3.8) is 0 Å². The Labute approximate surface area is 207 Å². The third kappa shape index (κ3) is 5.44. The summed E-state index contributed by atoms with van der Waals surface area (Å²) >= 11 is 0. The fraction of sp³-hybridized carbons (Fsp3) is 0.536. The molecule has 0 unspecified atom stereocenters. The van der Waals surface area contributed by atoms with Crippen molar-refractivity contribution in [1.82, 2.24) is 9.80 Å². The standard InChI is InChI=1S/C28H36N2O5/c1-5-29(6-2)24(31)15-27(3,4)16-25(32)34-19-35-26(33)30-17-23-14-28(23,18-30)22-12-11-20-9-7-8-10-21(20)13-22/h7-13,23H,5-6,14-19H2,1-4H3/t23-,28+/m1/s1. The van der Waals surface area contributed by atoms with E-state index in [1.165, 1.54) is 16.3 Å². The maximum absolute atomic E-state index is 12.6. The number of nitrogens with zero attached hydrogens (tertiary/aromatic N) is 2. The number of carbonyl (C=O) groups excluding carboxylic acids is 3. The Hall–Kier alpha value is -3.09. The fourth-order valence-corrected chi connectivity index (χ4v) is 5.41. The summed E-state index contributed by atoms with van der Waals surface area (Å²) in [7, 11) is 0. The van der Waals surface area contributed by atoms with Crippen LogP contribution in [0.2, 0.25) is 0 Å². The van der Waals surface area contributed by atoms with Gasteiger partial charge in [0.1, 0.15) is 0 Å². The number of benzene rings is 2. The molecule has 1 aliphatic heterocycles. The number of amides is 2. The summed E-state index contributed by atoms with van der Waals surface area (Å²) in [6.07, 6.45) is 0.955. The molecule has 188 valence electrons. The predicted molar refractivity (Wildman–Crippen MR) is 134 cm³/mol. The number of carbonyl (C=O) groups is 3. The summed E-state index contributed by atoms with van der Waals surface area (Å²) in [6.45, 7) is 9.74. The van der Waals surface area contributed by atoms with E-state index in [9.17, 15) is 14.4 Å². The number of fused-ring (bicyclic) bond motifs is 2. The Kier molecular flexibility index (Phi) is 7.06. The lowest BCUT2D eigenvalue weighted by Gasteiger charge is -2.27. The first-order chi connectivity index (χ1) is 16.7. The second-order valence-corrected chi connectivity index (χ2v) is 10.6. The number of hydrogen-bond donors (Lipinski definition) is 0. The van der Waals surface area contributed by atoms with Crippen molar-refractivity contribution in [1.29, 1.82) is 0 Å². The quantitative estimate of drug-likeness (QED) is 0.383. The highest BCUT2D eigenvalue weighted by atomic mass is 16.7. The van der Waals surface area contributed by atoms with Crippen molar-refractivity contribution < 1.29 is 23.9 Å². The first kappa shape index (κ1) is 25.0. The molecule has 0 aromatic heterocycles. The van der Waals surface area contributed by atoms with Gasteiger partial charge >= 0.3 is 12.1 Å². The van der Waals surface area contributed by atoms with Crippen LogP contribution >= 0.6 is 0 Å². The van der Waals surface area contributed by atoms with Gasteiger partial charge in [-0.15, -0.1) is 0 Å². The third-order valence-electron chi connectivity index (χ3n) is 7.50. The Morgan fingerprint density at radius 1 is 1.03 bits per heavy atom. The van der Waals surface area contributed by atoms with Gasteiger partial charge in [0, 0.05) is 38.0 Å². The van der Waals surface area contributed by atoms with Gasteiger partial charge in [-0.05, 0) is 47.9 Å². The minimum atomic E-state index is -0.538. The van der Waals surface area contributed by atoms with Crippen LogP contribution < -0.4 is 0 Å². The molecular formula is C28H36N2O5. The maximum atomic E-state index is 12.6. The van der Waals surface area contributed by atoms with E-state index in [1.54, 1.807) is 9.80 Å². The topological polar surface area (TPSA) is 76.1 Å². The number of rotatable bonds is 9. The molecule has 2 aromatic carbocycles. The van der Waals surface area contributed by atoms with Gasteiger partial charge in [-0.3, -0.25) is 9.59 Å². The molecule has 0 radical (unpaired) electrons. The van der Waals surface area contributed by atoms with Crippen LogP contribution in [0.1, 0.15) is 52.5 Å². The second-order valence-electron chi connectivity index (χ2n) is 10.6. The van der Waals surface area contributed by atoms with Crippen LogP contribution in [0.5, 0.6) is 0 Å². The molecule has 7 nitrogen and oxygen atoms in total. The Morgan fingerprint density at radius 2 is 1.74 bits per heavy atom. The third-order valence-corrected chi connectivity index (χ3v) is 7.50. The van der Waals surface area contributed by atoms with Gasteiger partial charge in [0.25, 0.3) is 0 Å². The van der Waals surface area contributed by atoms with Crippen molar-refractivity contribution >= 4 is 28.7 Å². The molecular weight excluding hydrogens is 444 g/mol. The van der Waals surface area contributed by atoms with Gasteiger partial charge in [-0.1, -0.05) is 56.3 Å². The van der Waals surface area contributed by atoms with Crippen LogP contribution in [0.3, 0.4) is 0 Å². The van der Waals surface area contributed by atoms with E-state index in [0.717, 1.165) is 6.42 Å². The molecule has 2 atom stereocenters. The summed E-state index contributed by atoms with van der Waals surface area (Å²) in [6, 6.07) is 14.8. The molecule has 2 aliphatic rings. The van der Waals surface area contributed by atoms with Gasteiger partial charge in [0.2, 0.25) is 12.7 Å². The lowest BCUT2D eigenvalue weighted by Crippen LogP contribution is -2.35. The molecule has 0 N–H and O–H groups in total. The molecule has 4 rings (SSSR count). The van der Waals surface area contributed by atoms with Crippen molar-refractivity contribution in [2.45, 2.75) is 52.4 Å². The minimum absolute atomic E-state index is 0.00114. The van der Waals surface area contributed by atoms with Crippen molar-refractivity contribution in [2.24, 2.45) is 11.3 Å². The predicted octanol–water partition coefficient (Wildman–Crippen LogP) is 4.73. The van der Waals surface area contributed by atoms with E-state index in [4.69, 9.17) is 9.47 Å². The molecule has 35 heavy (non-hydrogen) atoms. The zero-order valence-corrected chi connectivity index (χ0v) is 21.2. The minimum Gasteiger partial charge on any atom is -0.428 e. The Balaban J connectivity index is 1.24. The molecule has 0 bridgehead atoms. The van der Waals surface area contributed by atoms with Crippen LogP contribution in [-0.4, -0.2) is 60.7 Å². The Bertz CT molecular complexity index is 1110. The maximum Gasteiger partial charge on any atom is 0.412 e. The van der Waals surface area contributed by atoms with E-state index < -0.39 is 24.3 Å². The van der Waals surface area contributed by atoms with Gasteiger partial charge in [-0.25, -0.2) is 4.79 Å². The molecule has 0 spiro atoms. The summed E-state index contributed by atoms with van der Waals surface area (Å²) in [5, 5.41) is 2.42. The largest absolute Gasteiger partial charge is 0.428 e. The van der Waals surface area contributed by atoms with Crippen molar-refractivity contribution in [2.75, 3.05) is 33.0 Å². The highest BCUT2D eigenvalue weighted by Crippen LogP contribution is 2.59. The molecule has 1 saturated heterocycles. The molecule has 1 saturated carbocycles. The Morgan fingerprint density at radius 3 is 2.46 bits per heavy atom. The summed E-state index contributed by atoms with van der Waals surface area (Å²) in [5.74, 6) is -0.0258. The van der Waals surface area contributed by atoms with Crippen molar-refractivity contribution in [3.05, 3.63) is 48.0 Å². The average molecular weight is 481 g/mol. The van der Waals surface area contributed by atoms with E-state index in [2.05, 4.69) is 30.3 Å². The van der Waals surface area contributed by atoms with Gasteiger partial charge in [0.15, 0.2) is 0 Å². The van der Waals surface area contributed by atoms with Crippen LogP contribution in [-0.2, 0) is 24.5 Å². The molecule has 2 aromatic rings. The van der Waals surface area contributed by atoms with E-state index in [-0.39, 0.29) is 24.2 Å². The monoisotopic (exact) mass is 480 g/mol. The number of piperidine rings is 1. The highest BCUT2D eigenvalue weighted by molar-refractivity contribution is 5.83. The lowest BCUT2D eigenvalue weighted by atomic mass is 9.85. The lowest BCUT2D eigenvalue weighted by molar-refractivity contribution is -0.155. The first-order valence-corrected chi connectivity index (χ1v) is 12.5. The SMILES string of the molecule is CCN(CC)C(=O)CC(C)(C)CC(=O)OCOC(=O)N1C[C@H]2C[C@@]2(c2ccc3ccccc3c2)C1. The van der Waals surface area contributed by atoms with Crippen LogP contribution in [0, 0.1) is 11.3 Å². The van der Waals surface area contributed by atoms with Crippen LogP contribution in [0.15, 0.2) is 42.5 Å². The summed E-state index contributed by atoms with van der Waals surface area (Å²) < 4.78 is 10.4. The molecule has 2 fully saturated rings. The van der Waals surface area contributed by atoms with Crippen LogP contribution in [0.4, 0.5) is 4.79 Å². The number of ether oxygens (including phenoxy) is 2. The first-order valence-electron chi connectivity index (χ1n) is 12.5. The number of hydrogen-bond acceptors (Lipinski definition) is 5. The summed E-state index contributed by atoms with van der Waals surface area (Å²) in [4.78, 5) is 40.8. The molecule has 1 heterocycles. The van der Waals surface area contributed by atoms with E-state index in [1.807, 2.05) is 39.8 Å². The summed E-state index contributed by atoms with van der Waals surface area (Å²) in [5.41, 5.74) is 0.731. The number of likely N-dealkylation sites (tertiary alicyclic amines) is 1. The molecule has 2 amide bonds. The number of esters is 1. The molecule has 7 heteroatoms. The van der Waals surface area contributed by atoms with Gasteiger partial charge in [0.05, 0.1) is 6.42 Å². The smallest absolute Gasteiger partial charge is 0.412 e. The van der Waals surface area contributed by atoms with Gasteiger partial charge in [-0.2, -0.15) is 0 Å². The van der Waals surface area contributed by atoms with Gasteiger partial charge < -0.3 is 19.3 Å². The highest BCUT2D eigenvalue weighted by Gasteiger charge is 2.62. The second kappa shape index (κ2) is 9.88. The van der Waals surface area contributed by atoms with E-state index >= 15 is 0 Å². The normalized spacial score (nSPS) is 20.9. The zero-order valence-electron chi connectivity index (χ0n) is 21.2. The fourth-order valence-electron chi connectivity index (χ4n) is 5.41.